The molecule has 0 heterocycles. The maximum Gasteiger partial charge on any atom is 0.422 e. The predicted molar refractivity (Wildman–Crippen MR) is 126 cm³/mol. The molecule has 1 atom stereocenters. The molecule has 0 saturated carbocycles. The zero-order chi connectivity index (χ0) is 23.4. The number of rotatable bonds is 6. The number of hydrogen-bond donors (Lipinski definition) is 1. The molecule has 3 rings (SSSR count). The average molecular weight is 455 g/mol. The number of nitrogens with zero attached hydrogens (tertiary/aromatic N) is 1. The molecule has 0 spiro atoms. The third-order valence-electron chi connectivity index (χ3n) is 5.44. The summed E-state index contributed by atoms with van der Waals surface area (Å²) >= 11 is 0. The van der Waals surface area contributed by atoms with Gasteiger partial charge in [-0.05, 0) is 35.1 Å². The summed E-state index contributed by atoms with van der Waals surface area (Å²) in [7, 11) is 0. The zero-order valence-corrected chi connectivity index (χ0v) is 18.8. The number of benzene rings is 3. The van der Waals surface area contributed by atoms with Gasteiger partial charge in [0.2, 0.25) is 0 Å². The van der Waals surface area contributed by atoms with Gasteiger partial charge in [-0.25, -0.2) is 0 Å². The Morgan fingerprint density at radius 1 is 0.812 bits per heavy atom. The Balaban J connectivity index is 2.68. The van der Waals surface area contributed by atoms with Gasteiger partial charge in [0.25, 0.3) is 0 Å². The molecular formula is C26H25F3NOP. The quantitative estimate of drug-likeness (QED) is 0.531. The normalized spacial score (nSPS) is 13.9. The van der Waals surface area contributed by atoms with Gasteiger partial charge in [-0.3, -0.25) is 0 Å². The summed E-state index contributed by atoms with van der Waals surface area (Å²) < 4.78 is 43.7. The molecule has 0 aliphatic heterocycles. The van der Waals surface area contributed by atoms with Gasteiger partial charge >= 0.3 is 6.18 Å². The van der Waals surface area contributed by atoms with E-state index in [1.807, 2.05) is 6.07 Å². The fourth-order valence-electron chi connectivity index (χ4n) is 4.17. The van der Waals surface area contributed by atoms with Gasteiger partial charge in [0.05, 0.1) is 11.4 Å². The Hall–Kier alpha value is -2.80. The minimum Gasteiger partial charge on any atom is -0.376 e. The van der Waals surface area contributed by atoms with Crippen LogP contribution in [0.5, 0.6) is 0 Å². The van der Waals surface area contributed by atoms with Crippen LogP contribution in [0.4, 0.5) is 13.2 Å². The second kappa shape index (κ2) is 9.36. The van der Waals surface area contributed by atoms with Gasteiger partial charge < -0.3 is 5.11 Å². The highest BCUT2D eigenvalue weighted by Crippen LogP contribution is 2.52. The maximum atomic E-state index is 14.6. The molecule has 0 radical (unpaired) electrons. The summed E-state index contributed by atoms with van der Waals surface area (Å²) in [5, 5.41) is 22.9. The van der Waals surface area contributed by atoms with E-state index in [1.165, 1.54) is 0 Å². The van der Waals surface area contributed by atoms with Crippen LogP contribution < -0.4 is 15.9 Å². The topological polar surface area (TPSA) is 44.0 Å². The molecule has 0 aliphatic rings. The van der Waals surface area contributed by atoms with Gasteiger partial charge in [-0.15, -0.1) is 0 Å². The van der Waals surface area contributed by atoms with Crippen LogP contribution >= 0.6 is 6.89 Å². The molecule has 0 aromatic heterocycles. The van der Waals surface area contributed by atoms with E-state index >= 15 is 0 Å². The summed E-state index contributed by atoms with van der Waals surface area (Å²) in [6.45, 7) is -0.131. The van der Waals surface area contributed by atoms with Crippen molar-refractivity contribution in [1.82, 2.24) is 0 Å². The molecule has 2 nitrogen and oxygen atoms in total. The molecule has 166 valence electrons. The van der Waals surface area contributed by atoms with Crippen LogP contribution in [0, 0.1) is 17.2 Å². The predicted octanol–water partition coefficient (Wildman–Crippen LogP) is 5.02. The van der Waals surface area contributed by atoms with Crippen molar-refractivity contribution < 1.29 is 18.3 Å². The Morgan fingerprint density at radius 2 is 1.16 bits per heavy atom. The second-order valence-corrected chi connectivity index (χ2v) is 11.4. The summed E-state index contributed by atoms with van der Waals surface area (Å²) in [4.78, 5) is 0. The van der Waals surface area contributed by atoms with E-state index in [9.17, 15) is 23.5 Å². The lowest BCUT2D eigenvalue weighted by atomic mass is 9.89. The Morgan fingerprint density at radius 3 is 1.41 bits per heavy atom. The Kier molecular flexibility index (Phi) is 6.98. The van der Waals surface area contributed by atoms with Crippen molar-refractivity contribution in [2.45, 2.75) is 32.0 Å². The fraction of sp³-hybridized carbons (Fsp3) is 0.231. The minimum absolute atomic E-state index is 0.491. The van der Waals surface area contributed by atoms with Crippen LogP contribution in [0.25, 0.3) is 0 Å². The largest absolute Gasteiger partial charge is 0.422 e. The van der Waals surface area contributed by atoms with E-state index in [4.69, 9.17) is 0 Å². The summed E-state index contributed by atoms with van der Waals surface area (Å²) in [6.07, 6.45) is -5.63. The lowest BCUT2D eigenvalue weighted by Gasteiger charge is -2.39. The van der Waals surface area contributed by atoms with E-state index < -0.39 is 36.3 Å². The van der Waals surface area contributed by atoms with Gasteiger partial charge in [0, 0.05) is 0 Å². The molecule has 0 fully saturated rings. The van der Waals surface area contributed by atoms with E-state index in [1.54, 1.807) is 105 Å². The molecule has 1 N–H and O–H groups in total. The second-order valence-electron chi connectivity index (χ2n) is 8.09. The number of halogens is 3. The first-order chi connectivity index (χ1) is 15.2. The molecule has 0 aliphatic carbocycles. The summed E-state index contributed by atoms with van der Waals surface area (Å²) in [5.74, 6) is -0.491. The van der Waals surface area contributed by atoms with E-state index in [2.05, 4.69) is 0 Å². The molecule has 3 aromatic carbocycles. The van der Waals surface area contributed by atoms with Crippen LogP contribution in [0.1, 0.15) is 20.3 Å². The first-order valence-electron chi connectivity index (χ1n) is 10.3. The first kappa shape index (κ1) is 23.9. The molecule has 0 saturated heterocycles. The summed E-state index contributed by atoms with van der Waals surface area (Å²) in [6, 6.07) is 28.2. The molecule has 32 heavy (non-hydrogen) atoms. The van der Waals surface area contributed by atoms with Crippen molar-refractivity contribution in [2.75, 3.05) is 0 Å². The van der Waals surface area contributed by atoms with Crippen LogP contribution in [0.3, 0.4) is 0 Å². The number of aliphatic hydroxyl groups is 1. The van der Waals surface area contributed by atoms with Gasteiger partial charge in [0.1, 0.15) is 0 Å². The molecule has 1 unspecified atom stereocenters. The Bertz CT molecular complexity index is 1030. The average Bonchev–Trinajstić information content (AvgIpc) is 2.78. The van der Waals surface area contributed by atoms with Crippen molar-refractivity contribution in [2.24, 2.45) is 5.92 Å². The number of hydrogen-bond acceptors (Lipinski definition) is 2. The van der Waals surface area contributed by atoms with Crippen LogP contribution in [0.2, 0.25) is 0 Å². The maximum absolute atomic E-state index is 14.6. The molecule has 6 heteroatoms. The lowest BCUT2D eigenvalue weighted by Crippen LogP contribution is -2.54. The van der Waals surface area contributed by atoms with Crippen molar-refractivity contribution in [3.05, 3.63) is 91.0 Å². The van der Waals surface area contributed by atoms with Crippen LogP contribution in [-0.2, 0) is 0 Å². The first-order valence-corrected chi connectivity index (χ1v) is 12.1. The number of alkyl halides is 3. The van der Waals surface area contributed by atoms with Crippen molar-refractivity contribution >= 4 is 28.1 Å². The van der Waals surface area contributed by atoms with Crippen LogP contribution in [0.15, 0.2) is 91.0 Å². The van der Waals surface area contributed by atoms with Gasteiger partial charge in [-0.1, -0.05) is 105 Å². The molecular weight excluding hydrogens is 430 g/mol. The highest BCUT2D eigenvalue weighted by atomic mass is 31.2. The smallest absolute Gasteiger partial charge is 0.376 e. The fourth-order valence-corrected chi connectivity index (χ4v) is 8.62. The minimum atomic E-state index is -5.02. The highest BCUT2D eigenvalue weighted by Gasteiger charge is 2.59. The van der Waals surface area contributed by atoms with Gasteiger partial charge in [-0.2, -0.15) is 18.4 Å². The Labute approximate surface area is 186 Å². The number of nitriles is 1. The highest BCUT2D eigenvalue weighted by molar-refractivity contribution is 7.95. The van der Waals surface area contributed by atoms with Crippen LogP contribution in [-0.4, -0.2) is 22.2 Å². The third kappa shape index (κ3) is 4.13. The van der Waals surface area contributed by atoms with Crippen molar-refractivity contribution in [1.29, 1.82) is 5.26 Å². The monoisotopic (exact) mass is 455 g/mol. The van der Waals surface area contributed by atoms with Crippen molar-refractivity contribution in [3.63, 3.8) is 0 Å². The van der Waals surface area contributed by atoms with E-state index in [0.717, 1.165) is 0 Å². The zero-order valence-electron chi connectivity index (χ0n) is 17.9. The van der Waals surface area contributed by atoms with Crippen molar-refractivity contribution in [3.8, 4) is 6.07 Å². The van der Waals surface area contributed by atoms with Gasteiger partial charge in [0.15, 0.2) is 5.60 Å². The van der Waals surface area contributed by atoms with E-state index in [-0.39, 0.29) is 0 Å². The molecule has 3 aromatic rings. The lowest BCUT2D eigenvalue weighted by molar-refractivity contribution is -0.233. The molecule has 0 bridgehead atoms. The SMILES string of the molecule is CC(C)CC(O)(C(C#N)=P(c1ccccc1)(c1ccccc1)c1ccccc1)C(F)(F)F. The molecule has 0 amide bonds. The standard InChI is InChI=1S/C26H25F3NOP/c1-20(2)18-25(31,26(27,28)29)24(19-30)32(21-12-6-3-7-13-21,22-14-8-4-9-15-22)23-16-10-5-11-17-23/h3-17,20,31H,18H2,1-2H3. The van der Waals surface area contributed by atoms with E-state index in [0.29, 0.717) is 15.9 Å². The third-order valence-corrected chi connectivity index (χ3v) is 9.80. The summed E-state index contributed by atoms with van der Waals surface area (Å²) in [5.41, 5.74) is -3.27.